The molecule has 0 aliphatic carbocycles. The molecule has 0 heterocycles. The van der Waals surface area contributed by atoms with Gasteiger partial charge in [-0.3, -0.25) is 0 Å². The van der Waals surface area contributed by atoms with Gasteiger partial charge in [0.1, 0.15) is 5.75 Å². The number of hydrogen-bond acceptors (Lipinski definition) is 3. The third-order valence-corrected chi connectivity index (χ3v) is 4.54. The van der Waals surface area contributed by atoms with Crippen LogP contribution in [0.15, 0.2) is 27.1 Å². The Hall–Kier alpha value is 0.220. The number of rotatable bonds is 7. The Labute approximate surface area is 129 Å². The minimum Gasteiger partial charge on any atom is -0.492 e. The Morgan fingerprint density at radius 2 is 1.89 bits per heavy atom. The summed E-state index contributed by atoms with van der Waals surface area (Å²) in [6.07, 6.45) is 2.14. The van der Waals surface area contributed by atoms with E-state index in [9.17, 15) is 8.42 Å². The first kappa shape index (κ1) is 16.3. The summed E-state index contributed by atoms with van der Waals surface area (Å²) in [6.45, 7) is 0.558. The van der Waals surface area contributed by atoms with E-state index >= 15 is 0 Å². The van der Waals surface area contributed by atoms with E-state index < -0.39 is 9.05 Å². The average Bonchev–Trinajstić information content (AvgIpc) is 2.24. The van der Waals surface area contributed by atoms with Crippen LogP contribution in [-0.2, 0) is 9.05 Å². The van der Waals surface area contributed by atoms with Crippen molar-refractivity contribution in [1.82, 2.24) is 0 Å². The number of unbranched alkanes of at least 4 members (excludes halogenated alkanes) is 2. The fraction of sp³-hybridized carbons (Fsp3) is 0.455. The molecule has 0 spiro atoms. The van der Waals surface area contributed by atoms with Gasteiger partial charge in [-0.05, 0) is 53.4 Å². The molecule has 0 bridgehead atoms. The lowest BCUT2D eigenvalue weighted by molar-refractivity contribution is 0.304. The second-order valence-corrected chi connectivity index (χ2v) is 8.39. The van der Waals surface area contributed by atoms with Crippen LogP contribution in [0.4, 0.5) is 0 Å². The van der Waals surface area contributed by atoms with Crippen molar-refractivity contribution in [1.29, 1.82) is 0 Å². The second-order valence-electron chi connectivity index (χ2n) is 3.73. The van der Waals surface area contributed by atoms with Crippen LogP contribution in [-0.4, -0.2) is 20.8 Å². The smallest absolute Gasteiger partial charge is 0.232 e. The van der Waals surface area contributed by atoms with Crippen LogP contribution >= 0.6 is 42.5 Å². The number of benzene rings is 1. The molecule has 102 valence electrons. The molecule has 18 heavy (non-hydrogen) atoms. The molecule has 0 aliphatic rings. The van der Waals surface area contributed by atoms with Crippen LogP contribution in [0.25, 0.3) is 0 Å². The summed E-state index contributed by atoms with van der Waals surface area (Å²) in [4.78, 5) is 0. The summed E-state index contributed by atoms with van der Waals surface area (Å²) in [7, 11) is 1.75. The predicted octanol–water partition coefficient (Wildman–Crippen LogP) is 4.33. The molecule has 0 saturated carbocycles. The maximum Gasteiger partial charge on any atom is 0.232 e. The third-order valence-electron chi connectivity index (χ3n) is 2.18. The predicted molar refractivity (Wildman–Crippen MR) is 80.8 cm³/mol. The van der Waals surface area contributed by atoms with Crippen LogP contribution < -0.4 is 4.74 Å². The zero-order chi connectivity index (χ0) is 13.6. The van der Waals surface area contributed by atoms with Crippen molar-refractivity contribution >= 4 is 51.6 Å². The molecule has 1 rings (SSSR count). The summed E-state index contributed by atoms with van der Waals surface area (Å²) in [5.41, 5.74) is 0. The van der Waals surface area contributed by atoms with Crippen molar-refractivity contribution in [2.24, 2.45) is 0 Å². The summed E-state index contributed by atoms with van der Waals surface area (Å²) < 4.78 is 28.8. The van der Waals surface area contributed by atoms with E-state index in [1.165, 1.54) is 0 Å². The topological polar surface area (TPSA) is 43.4 Å². The lowest BCUT2D eigenvalue weighted by atomic mass is 10.3. The molecular weight excluding hydrogens is 407 g/mol. The van der Waals surface area contributed by atoms with Crippen LogP contribution in [0.2, 0.25) is 0 Å². The van der Waals surface area contributed by atoms with E-state index in [1.54, 1.807) is 0 Å². The van der Waals surface area contributed by atoms with Crippen LogP contribution in [0.3, 0.4) is 0 Å². The van der Waals surface area contributed by atoms with Gasteiger partial charge in [-0.15, -0.1) is 0 Å². The van der Waals surface area contributed by atoms with Crippen molar-refractivity contribution in [3.8, 4) is 5.75 Å². The van der Waals surface area contributed by atoms with Crippen molar-refractivity contribution in [3.05, 3.63) is 27.1 Å². The highest BCUT2D eigenvalue weighted by Crippen LogP contribution is 2.28. The first-order valence-electron chi connectivity index (χ1n) is 5.39. The van der Waals surface area contributed by atoms with Gasteiger partial charge in [0.25, 0.3) is 0 Å². The maximum absolute atomic E-state index is 10.7. The molecule has 1 aromatic carbocycles. The Morgan fingerprint density at radius 3 is 2.50 bits per heavy atom. The van der Waals surface area contributed by atoms with Crippen molar-refractivity contribution in [3.63, 3.8) is 0 Å². The van der Waals surface area contributed by atoms with E-state index in [0.717, 1.165) is 27.5 Å². The molecule has 7 heteroatoms. The normalized spacial score (nSPS) is 11.5. The summed E-state index contributed by atoms with van der Waals surface area (Å²) in [5.74, 6) is 0.805. The Kier molecular flexibility index (Phi) is 6.98. The van der Waals surface area contributed by atoms with Crippen molar-refractivity contribution in [2.45, 2.75) is 19.3 Å². The summed E-state index contributed by atoms with van der Waals surface area (Å²) in [6, 6.07) is 5.69. The molecule has 0 atom stereocenters. The Balaban J connectivity index is 2.22. The molecule has 3 nitrogen and oxygen atoms in total. The zero-order valence-electron chi connectivity index (χ0n) is 9.53. The molecule has 0 unspecified atom stereocenters. The quantitative estimate of drug-likeness (QED) is 0.487. The Bertz CT molecular complexity index is 491. The molecule has 0 fully saturated rings. The van der Waals surface area contributed by atoms with Crippen LogP contribution in [0, 0.1) is 0 Å². The van der Waals surface area contributed by atoms with E-state index in [0.29, 0.717) is 13.0 Å². The highest BCUT2D eigenvalue weighted by Gasteiger charge is 2.04. The first-order valence-corrected chi connectivity index (χ1v) is 9.45. The SMILES string of the molecule is O=S(=O)(Cl)CCCCCOc1ccc(Br)cc1Br. The van der Waals surface area contributed by atoms with Gasteiger partial charge in [0, 0.05) is 15.2 Å². The van der Waals surface area contributed by atoms with Gasteiger partial charge in [-0.25, -0.2) is 8.42 Å². The monoisotopic (exact) mass is 418 g/mol. The second kappa shape index (κ2) is 7.72. The summed E-state index contributed by atoms with van der Waals surface area (Å²) >= 11 is 6.77. The minimum atomic E-state index is -3.36. The average molecular weight is 421 g/mol. The standard InChI is InChI=1S/C11H13Br2ClO3S/c12-9-4-5-11(10(13)8-9)17-6-2-1-3-7-18(14,15)16/h4-5,8H,1-3,6-7H2. The highest BCUT2D eigenvalue weighted by molar-refractivity contribution is 9.11. The van der Waals surface area contributed by atoms with Gasteiger partial charge in [-0.2, -0.15) is 0 Å². The molecule has 0 aromatic heterocycles. The summed E-state index contributed by atoms with van der Waals surface area (Å²) in [5, 5.41) is 0. The number of hydrogen-bond donors (Lipinski definition) is 0. The van der Waals surface area contributed by atoms with Gasteiger partial charge < -0.3 is 4.74 Å². The fourth-order valence-electron chi connectivity index (χ4n) is 1.33. The maximum atomic E-state index is 10.7. The molecule has 0 radical (unpaired) electrons. The molecule has 0 amide bonds. The van der Waals surface area contributed by atoms with Gasteiger partial charge in [-0.1, -0.05) is 15.9 Å². The zero-order valence-corrected chi connectivity index (χ0v) is 14.3. The minimum absolute atomic E-state index is 0.0243. The lowest BCUT2D eigenvalue weighted by Gasteiger charge is -2.08. The van der Waals surface area contributed by atoms with E-state index in [1.807, 2.05) is 18.2 Å². The molecular formula is C11H13Br2ClO3S. The van der Waals surface area contributed by atoms with E-state index in [2.05, 4.69) is 31.9 Å². The number of ether oxygens (including phenoxy) is 1. The first-order chi connectivity index (χ1) is 8.38. The largest absolute Gasteiger partial charge is 0.492 e. The third kappa shape index (κ3) is 6.97. The van der Waals surface area contributed by atoms with Gasteiger partial charge in [0.15, 0.2) is 0 Å². The van der Waals surface area contributed by atoms with Crippen LogP contribution in [0.5, 0.6) is 5.75 Å². The molecule has 0 aliphatic heterocycles. The van der Waals surface area contributed by atoms with Crippen LogP contribution in [0.1, 0.15) is 19.3 Å². The highest BCUT2D eigenvalue weighted by atomic mass is 79.9. The van der Waals surface area contributed by atoms with Crippen molar-refractivity contribution < 1.29 is 13.2 Å². The number of halogens is 3. The fourth-order valence-corrected chi connectivity index (χ4v) is 3.37. The van der Waals surface area contributed by atoms with Gasteiger partial charge >= 0.3 is 0 Å². The molecule has 0 N–H and O–H groups in total. The van der Waals surface area contributed by atoms with E-state index in [4.69, 9.17) is 15.4 Å². The van der Waals surface area contributed by atoms with Crippen molar-refractivity contribution in [2.75, 3.05) is 12.4 Å². The molecule has 0 saturated heterocycles. The van der Waals surface area contributed by atoms with Gasteiger partial charge in [0.2, 0.25) is 9.05 Å². The lowest BCUT2D eigenvalue weighted by Crippen LogP contribution is -2.01. The van der Waals surface area contributed by atoms with Gasteiger partial charge in [0.05, 0.1) is 16.8 Å². The molecule has 1 aromatic rings. The Morgan fingerprint density at radius 1 is 1.17 bits per heavy atom. The van der Waals surface area contributed by atoms with E-state index in [-0.39, 0.29) is 5.75 Å².